The summed E-state index contributed by atoms with van der Waals surface area (Å²) in [6.07, 6.45) is 0. The van der Waals surface area contributed by atoms with Gasteiger partial charge in [-0.25, -0.2) is 10.3 Å². The molecule has 0 aliphatic rings. The largest absolute Gasteiger partial charge is 0.350 e. The smallest absolute Gasteiger partial charge is 0.335 e. The maximum atomic E-state index is 9.23. The van der Waals surface area contributed by atoms with Crippen LogP contribution in [0.5, 0.6) is 0 Å². The molecule has 0 spiro atoms. The Hall–Kier alpha value is -0.770. The van der Waals surface area contributed by atoms with Gasteiger partial charge in [0.15, 0.2) is 0 Å². The van der Waals surface area contributed by atoms with Crippen LogP contribution in [0.4, 0.5) is 4.79 Å². The number of nitrogens with one attached hydrogen (secondary N) is 1. The molecule has 4 nitrogen and oxygen atoms in total. The van der Waals surface area contributed by atoms with E-state index in [9.17, 15) is 4.79 Å². The SMILES string of the molecule is NC(=O)[15NH]O. The van der Waals surface area contributed by atoms with Gasteiger partial charge in [0, 0.05) is 0 Å². The Bertz CT molecular complexity index is 42.9. The molecule has 0 rings (SSSR count). The molecule has 5 heavy (non-hydrogen) atoms. The highest BCUT2D eigenvalue weighted by atomic mass is 16.7. The van der Waals surface area contributed by atoms with Crippen molar-refractivity contribution in [1.82, 2.24) is 5.48 Å². The van der Waals surface area contributed by atoms with Crippen molar-refractivity contribution in [2.24, 2.45) is 5.73 Å². The Kier molecular flexibility index (Phi) is 1.30. The van der Waals surface area contributed by atoms with E-state index in [1.54, 1.807) is 0 Å². The monoisotopic (exact) mass is 77.0 g/mol. The second kappa shape index (κ2) is 1.54. The van der Waals surface area contributed by atoms with Gasteiger partial charge < -0.3 is 5.73 Å². The summed E-state index contributed by atoms with van der Waals surface area (Å²) in [6.45, 7) is 0. The predicted octanol–water partition coefficient (Wildman–Crippen LogP) is -0.956. The van der Waals surface area contributed by atoms with Gasteiger partial charge in [-0.2, -0.15) is 0 Å². The van der Waals surface area contributed by atoms with Gasteiger partial charge in [0.2, 0.25) is 0 Å². The topological polar surface area (TPSA) is 75.4 Å². The molecule has 0 unspecified atom stereocenters. The first kappa shape index (κ1) is 4.23. The van der Waals surface area contributed by atoms with Crippen LogP contribution in [-0.4, -0.2) is 11.2 Å². The number of urea groups is 1. The fourth-order valence-corrected chi connectivity index (χ4v) is 0. The maximum absolute atomic E-state index is 9.23. The highest BCUT2D eigenvalue weighted by Crippen LogP contribution is 1.38. The molecule has 4 heteroatoms. The highest BCUT2D eigenvalue weighted by molar-refractivity contribution is 5.69. The summed E-state index contributed by atoms with van der Waals surface area (Å²) in [7, 11) is 0. The second-order valence-electron chi connectivity index (χ2n) is 0.476. The Morgan fingerprint density at radius 3 is 2.20 bits per heavy atom. The van der Waals surface area contributed by atoms with Gasteiger partial charge in [0.25, 0.3) is 0 Å². The van der Waals surface area contributed by atoms with Crippen LogP contribution < -0.4 is 11.2 Å². The van der Waals surface area contributed by atoms with E-state index in [0.29, 0.717) is 0 Å². The third-order valence-corrected chi connectivity index (χ3v) is 0.110. The normalized spacial score (nSPS) is 6.60. The van der Waals surface area contributed by atoms with Crippen molar-refractivity contribution in [2.45, 2.75) is 0 Å². The first-order chi connectivity index (χ1) is 2.27. The summed E-state index contributed by atoms with van der Waals surface area (Å²) in [5, 5.41) is 7.42. The van der Waals surface area contributed by atoms with Crippen molar-refractivity contribution in [3.05, 3.63) is 0 Å². The van der Waals surface area contributed by atoms with E-state index in [1.165, 1.54) is 5.48 Å². The van der Waals surface area contributed by atoms with Crippen molar-refractivity contribution < 1.29 is 10.0 Å². The minimum absolute atomic E-state index is 0.940. The van der Waals surface area contributed by atoms with Crippen molar-refractivity contribution in [2.75, 3.05) is 0 Å². The zero-order valence-corrected chi connectivity index (χ0v) is 2.43. The summed E-state index contributed by atoms with van der Waals surface area (Å²) in [6, 6.07) is -0.940. The van der Waals surface area contributed by atoms with Crippen molar-refractivity contribution >= 4 is 6.03 Å². The van der Waals surface area contributed by atoms with Gasteiger partial charge in [-0.15, -0.1) is 0 Å². The van der Waals surface area contributed by atoms with Gasteiger partial charge in [0.1, 0.15) is 0 Å². The summed E-state index contributed by atoms with van der Waals surface area (Å²) in [5.41, 5.74) is 5.46. The van der Waals surface area contributed by atoms with Gasteiger partial charge in [-0.3, -0.25) is 5.21 Å². The molecule has 0 aliphatic heterocycles. The lowest BCUT2D eigenvalue weighted by molar-refractivity contribution is 0.169. The number of carbonyl (C=O) groups excluding carboxylic acids is 1. The summed E-state index contributed by atoms with van der Waals surface area (Å²) in [5.74, 6) is 0. The first-order valence-electron chi connectivity index (χ1n) is 0.966. The lowest BCUT2D eigenvalue weighted by Gasteiger charge is -1.79. The number of hydrogen-bond donors (Lipinski definition) is 3. The van der Waals surface area contributed by atoms with E-state index >= 15 is 0 Å². The van der Waals surface area contributed by atoms with E-state index in [2.05, 4.69) is 5.73 Å². The van der Waals surface area contributed by atoms with Gasteiger partial charge in [-0.1, -0.05) is 0 Å². The fraction of sp³-hybridized carbons (Fsp3) is 0. The van der Waals surface area contributed by atoms with E-state index in [-0.39, 0.29) is 0 Å². The number of carbonyl (C=O) groups is 1. The molecule has 0 fully saturated rings. The molecule has 0 saturated heterocycles. The third-order valence-electron chi connectivity index (χ3n) is 0.110. The summed E-state index contributed by atoms with van der Waals surface area (Å²) >= 11 is 0. The Morgan fingerprint density at radius 2 is 2.20 bits per heavy atom. The molecule has 0 aliphatic carbocycles. The van der Waals surface area contributed by atoms with Crippen LogP contribution >= 0.6 is 0 Å². The molecule has 0 aromatic rings. The lowest BCUT2D eigenvalue weighted by atomic mass is 11.3. The molecular formula is CH4N2O2. The summed E-state index contributed by atoms with van der Waals surface area (Å²) in [4.78, 5) is 9.23. The Balaban J connectivity index is 2.85. The average Bonchev–Trinajstić information content (AvgIpc) is 1.38. The van der Waals surface area contributed by atoms with Crippen LogP contribution in [0.3, 0.4) is 0 Å². The molecule has 0 bridgehead atoms. The van der Waals surface area contributed by atoms with Crippen LogP contribution in [-0.2, 0) is 0 Å². The molecule has 0 aromatic heterocycles. The van der Waals surface area contributed by atoms with Crippen molar-refractivity contribution in [1.29, 1.82) is 0 Å². The van der Waals surface area contributed by atoms with E-state index in [4.69, 9.17) is 5.21 Å². The van der Waals surface area contributed by atoms with Crippen LogP contribution in [0, 0.1) is 0 Å². The maximum Gasteiger partial charge on any atom is 0.335 e. The van der Waals surface area contributed by atoms with E-state index in [1.807, 2.05) is 0 Å². The second-order valence-corrected chi connectivity index (χ2v) is 0.476. The number of rotatable bonds is 0. The zero-order chi connectivity index (χ0) is 4.28. The number of nitrogens with two attached hydrogens (primary N) is 1. The average molecular weight is 77.0 g/mol. The number of amides is 2. The third kappa shape index (κ3) is 3.23. The molecule has 0 aromatic carbocycles. The standard InChI is InChI=1S/CH4N2O2/c2-1(4)3-5/h5H,(H3,2,3,4)/i3+1. The minimum atomic E-state index is -0.940. The van der Waals surface area contributed by atoms with Crippen molar-refractivity contribution in [3.63, 3.8) is 0 Å². The van der Waals surface area contributed by atoms with Gasteiger partial charge in [0.05, 0.1) is 0 Å². The van der Waals surface area contributed by atoms with Crippen molar-refractivity contribution in [3.8, 4) is 0 Å². The fourth-order valence-electron chi connectivity index (χ4n) is 0. The van der Waals surface area contributed by atoms with Crippen LogP contribution in [0.2, 0.25) is 0 Å². The Morgan fingerprint density at radius 1 is 2.00 bits per heavy atom. The molecule has 0 atom stereocenters. The molecule has 0 saturated carbocycles. The first-order valence-corrected chi connectivity index (χ1v) is 0.966. The zero-order valence-electron chi connectivity index (χ0n) is 2.43. The lowest BCUT2D eigenvalue weighted by Crippen LogP contribution is -2.25. The van der Waals surface area contributed by atoms with E-state index in [0.717, 1.165) is 0 Å². The van der Waals surface area contributed by atoms with Crippen LogP contribution in [0.15, 0.2) is 0 Å². The van der Waals surface area contributed by atoms with Crippen LogP contribution in [0.1, 0.15) is 0 Å². The summed E-state index contributed by atoms with van der Waals surface area (Å²) < 4.78 is 0. The molecular weight excluding hydrogens is 73.0 g/mol. The Labute approximate surface area is 28.5 Å². The predicted molar refractivity (Wildman–Crippen MR) is 14.5 cm³/mol. The number of hydrogen-bond acceptors (Lipinski definition) is 2. The minimum Gasteiger partial charge on any atom is -0.350 e. The van der Waals surface area contributed by atoms with Gasteiger partial charge in [-0.05, 0) is 0 Å². The number of hydroxylamine groups is 1. The van der Waals surface area contributed by atoms with Gasteiger partial charge >= 0.3 is 6.03 Å². The molecule has 30 valence electrons. The molecule has 4 N–H and O–H groups in total. The van der Waals surface area contributed by atoms with Crippen LogP contribution in [0.25, 0.3) is 0 Å². The highest BCUT2D eigenvalue weighted by Gasteiger charge is 1.75. The molecule has 2 amide bonds. The number of primary amides is 1. The van der Waals surface area contributed by atoms with E-state index < -0.39 is 6.03 Å². The quantitative estimate of drug-likeness (QED) is 0.198. The molecule has 0 heterocycles. The molecule has 0 radical (unpaired) electrons.